The fourth-order valence-corrected chi connectivity index (χ4v) is 10.7. The van der Waals surface area contributed by atoms with Crippen LogP contribution in [0.4, 0.5) is 0 Å². The van der Waals surface area contributed by atoms with Crippen molar-refractivity contribution in [1.29, 1.82) is 0 Å². The van der Waals surface area contributed by atoms with E-state index in [-0.39, 0.29) is 0 Å². The van der Waals surface area contributed by atoms with Crippen molar-refractivity contribution in [2.75, 3.05) is 6.16 Å². The Bertz CT molecular complexity index is 739. The molecule has 0 nitrogen and oxygen atoms in total. The molecule has 1 aliphatic carbocycles. The van der Waals surface area contributed by atoms with Gasteiger partial charge in [-0.2, -0.15) is 0 Å². The van der Waals surface area contributed by atoms with Crippen molar-refractivity contribution in [1.82, 2.24) is 0 Å². The SMILES string of the molecule is CC(C[PH](c1ccccc1)(c1ccccc1)c1ccccc1)C1CCCCC1. The van der Waals surface area contributed by atoms with Crippen LogP contribution < -0.4 is 15.9 Å². The molecule has 4 rings (SSSR count). The van der Waals surface area contributed by atoms with Crippen LogP contribution in [-0.2, 0) is 0 Å². The summed E-state index contributed by atoms with van der Waals surface area (Å²) in [6.45, 7) is 2.53. The fourth-order valence-electron chi connectivity index (χ4n) is 5.37. The van der Waals surface area contributed by atoms with Gasteiger partial charge in [0.2, 0.25) is 0 Å². The third-order valence-electron chi connectivity index (χ3n) is 6.88. The summed E-state index contributed by atoms with van der Waals surface area (Å²) in [5.41, 5.74) is 0. The van der Waals surface area contributed by atoms with Crippen LogP contribution in [0.15, 0.2) is 91.0 Å². The summed E-state index contributed by atoms with van der Waals surface area (Å²) in [5.74, 6) is 1.64. The van der Waals surface area contributed by atoms with E-state index in [1.807, 2.05) is 0 Å². The number of benzene rings is 3. The van der Waals surface area contributed by atoms with Crippen LogP contribution in [0.5, 0.6) is 0 Å². The van der Waals surface area contributed by atoms with E-state index in [0.29, 0.717) is 0 Å². The molecule has 146 valence electrons. The minimum atomic E-state index is -2.07. The van der Waals surface area contributed by atoms with E-state index in [1.165, 1.54) is 38.3 Å². The molecule has 1 atom stereocenters. The molecule has 0 heterocycles. The zero-order valence-electron chi connectivity index (χ0n) is 17.1. The molecular formula is C27H33P. The normalized spacial score (nSPS) is 17.2. The van der Waals surface area contributed by atoms with Gasteiger partial charge in [-0.3, -0.25) is 0 Å². The van der Waals surface area contributed by atoms with Gasteiger partial charge in [0.1, 0.15) is 0 Å². The first-order valence-electron chi connectivity index (χ1n) is 11.0. The van der Waals surface area contributed by atoms with Crippen LogP contribution in [-0.4, -0.2) is 6.16 Å². The first-order chi connectivity index (χ1) is 13.8. The molecule has 1 saturated carbocycles. The third kappa shape index (κ3) is 3.94. The van der Waals surface area contributed by atoms with Crippen LogP contribution >= 0.6 is 7.26 Å². The molecule has 3 aromatic rings. The summed E-state index contributed by atoms with van der Waals surface area (Å²) >= 11 is 0. The van der Waals surface area contributed by atoms with Crippen LogP contribution in [0, 0.1) is 11.8 Å². The Morgan fingerprint density at radius 1 is 0.643 bits per heavy atom. The average Bonchev–Trinajstić information content (AvgIpc) is 2.80. The Kier molecular flexibility index (Phi) is 6.28. The zero-order chi connectivity index (χ0) is 19.2. The van der Waals surface area contributed by atoms with Crippen molar-refractivity contribution >= 4 is 23.2 Å². The molecule has 0 N–H and O–H groups in total. The molecule has 1 heteroatoms. The zero-order valence-corrected chi connectivity index (χ0v) is 18.1. The Morgan fingerprint density at radius 3 is 1.43 bits per heavy atom. The molecule has 0 bridgehead atoms. The van der Waals surface area contributed by atoms with Gasteiger partial charge >= 0.3 is 171 Å². The van der Waals surface area contributed by atoms with Gasteiger partial charge in [0.25, 0.3) is 0 Å². The van der Waals surface area contributed by atoms with Gasteiger partial charge in [-0.1, -0.05) is 0 Å². The molecule has 0 spiro atoms. The summed E-state index contributed by atoms with van der Waals surface area (Å²) in [6.07, 6.45) is 8.42. The molecule has 0 saturated heterocycles. The second kappa shape index (κ2) is 9.06. The van der Waals surface area contributed by atoms with Crippen molar-refractivity contribution < 1.29 is 0 Å². The van der Waals surface area contributed by atoms with Crippen LogP contribution in [0.3, 0.4) is 0 Å². The number of hydrogen-bond acceptors (Lipinski definition) is 0. The Hall–Kier alpha value is -1.91. The van der Waals surface area contributed by atoms with Gasteiger partial charge in [-0.15, -0.1) is 0 Å². The maximum absolute atomic E-state index is 2.53. The molecule has 28 heavy (non-hydrogen) atoms. The van der Waals surface area contributed by atoms with E-state index >= 15 is 0 Å². The van der Waals surface area contributed by atoms with Crippen molar-refractivity contribution in [3.63, 3.8) is 0 Å². The third-order valence-corrected chi connectivity index (χ3v) is 12.1. The summed E-state index contributed by atoms with van der Waals surface area (Å²) in [5, 5.41) is 4.65. The quantitative estimate of drug-likeness (QED) is 0.459. The molecule has 3 aromatic carbocycles. The molecule has 0 amide bonds. The van der Waals surface area contributed by atoms with E-state index < -0.39 is 7.26 Å². The number of rotatable bonds is 6. The predicted octanol–water partition coefficient (Wildman–Crippen LogP) is 5.93. The van der Waals surface area contributed by atoms with Crippen LogP contribution in [0.25, 0.3) is 0 Å². The monoisotopic (exact) mass is 388 g/mol. The fraction of sp³-hybridized carbons (Fsp3) is 0.333. The van der Waals surface area contributed by atoms with Gasteiger partial charge in [-0.05, 0) is 0 Å². The second-order valence-electron chi connectivity index (χ2n) is 8.58. The van der Waals surface area contributed by atoms with Crippen molar-refractivity contribution in [2.45, 2.75) is 39.0 Å². The van der Waals surface area contributed by atoms with E-state index in [1.54, 1.807) is 15.9 Å². The van der Waals surface area contributed by atoms with Gasteiger partial charge in [0, 0.05) is 0 Å². The average molecular weight is 389 g/mol. The topological polar surface area (TPSA) is 0 Å². The minimum absolute atomic E-state index is 0.757. The van der Waals surface area contributed by atoms with Gasteiger partial charge in [0.05, 0.1) is 0 Å². The molecule has 1 unspecified atom stereocenters. The van der Waals surface area contributed by atoms with Crippen molar-refractivity contribution in [3.8, 4) is 0 Å². The molecule has 1 aliphatic rings. The summed E-state index contributed by atoms with van der Waals surface area (Å²) in [6, 6.07) is 34.2. The maximum atomic E-state index is 2.53. The molecule has 0 aliphatic heterocycles. The van der Waals surface area contributed by atoms with Crippen molar-refractivity contribution in [2.24, 2.45) is 11.8 Å². The first kappa shape index (κ1) is 19.4. The molecular weight excluding hydrogens is 355 g/mol. The summed E-state index contributed by atoms with van der Waals surface area (Å²) < 4.78 is 0. The Balaban J connectivity index is 1.85. The Labute approximate surface area is 171 Å². The standard InChI is InChI=1S/C27H33P/c1-23(24-14-6-2-7-15-24)22-28(25-16-8-3-9-17-25,26-18-10-4-11-19-26)27-20-12-5-13-21-27/h3-5,8-13,16-21,23-24,28H,2,6-7,14-15,22H2,1H3. The molecule has 0 aromatic heterocycles. The summed E-state index contributed by atoms with van der Waals surface area (Å²) in [7, 11) is -2.07. The van der Waals surface area contributed by atoms with Crippen LogP contribution in [0.1, 0.15) is 39.0 Å². The van der Waals surface area contributed by atoms with E-state index in [0.717, 1.165) is 11.8 Å². The second-order valence-corrected chi connectivity index (χ2v) is 12.5. The van der Waals surface area contributed by atoms with Gasteiger partial charge < -0.3 is 0 Å². The summed E-state index contributed by atoms with van der Waals surface area (Å²) in [4.78, 5) is 0. The van der Waals surface area contributed by atoms with Gasteiger partial charge in [-0.25, -0.2) is 0 Å². The number of hydrogen-bond donors (Lipinski definition) is 0. The first-order valence-corrected chi connectivity index (χ1v) is 13.2. The van der Waals surface area contributed by atoms with E-state index in [9.17, 15) is 0 Å². The van der Waals surface area contributed by atoms with Crippen LogP contribution in [0.2, 0.25) is 0 Å². The molecule has 0 radical (unpaired) electrons. The predicted molar refractivity (Wildman–Crippen MR) is 127 cm³/mol. The van der Waals surface area contributed by atoms with Gasteiger partial charge in [0.15, 0.2) is 0 Å². The van der Waals surface area contributed by atoms with E-state index in [4.69, 9.17) is 0 Å². The van der Waals surface area contributed by atoms with E-state index in [2.05, 4.69) is 97.9 Å². The Morgan fingerprint density at radius 2 is 1.04 bits per heavy atom. The molecule has 1 fully saturated rings. The van der Waals surface area contributed by atoms with Crippen molar-refractivity contribution in [3.05, 3.63) is 91.0 Å².